The van der Waals surface area contributed by atoms with Gasteiger partial charge in [0, 0.05) is 43.5 Å². The number of carboxylic acids is 1. The van der Waals surface area contributed by atoms with E-state index in [1.807, 2.05) is 72.8 Å². The van der Waals surface area contributed by atoms with Gasteiger partial charge in [-0.25, -0.2) is 24.1 Å². The summed E-state index contributed by atoms with van der Waals surface area (Å²) in [5, 5.41) is 25.5. The Labute approximate surface area is 518 Å². The van der Waals surface area contributed by atoms with Crippen LogP contribution in [-0.4, -0.2) is 118 Å². The van der Waals surface area contributed by atoms with Crippen LogP contribution in [-0.2, 0) is 38.6 Å². The molecule has 22 heteroatoms. The Hall–Kier alpha value is -6.90. The maximum atomic E-state index is 14.8. The number of hydrogen-bond acceptors (Lipinski definition) is 15. The van der Waals surface area contributed by atoms with E-state index in [1.54, 1.807) is 43.2 Å². The number of rotatable bonds is 19. The van der Waals surface area contributed by atoms with Crippen molar-refractivity contribution < 1.29 is 77.7 Å². The summed E-state index contributed by atoms with van der Waals surface area (Å²) in [6.45, 7) is 12.5. The molecule has 1 saturated heterocycles. The smallest absolute Gasteiger partial charge is 0.542 e. The molecule has 2 aliphatic heterocycles. The summed E-state index contributed by atoms with van der Waals surface area (Å²) in [7, 11) is 1.60. The standard InChI is InChI=1S/C39H35FN5O6S2.C13H14N2OS.C5H8NO2.C4H9.Na/c1-44(33(47)18-4-5-22-46)20-8-12-26-11-7-14-29(40)35(26)51-23-9-17-32-34(37(49)50)42-39(53-32)45-21-19-25-10-6-13-27(28(25)24-45)36(48)43-38-41-30-15-2-3-16-31(30)52-38;1-9(14-7-16)11-3-5-12(6-4-11)13-10(2)15-8-17-13;7-4-6-2-1-5(8)3-6;1-4(2)3;/h2-3,6-7,10-11,13-16H,4-5,9,17-21,23-24H2,1H3,(H,49,50)(H,41,43,48);3-9H,1-2H3,(H,14,16);5,8H,1-3H2;1-3H3;/q-1;;2*-1;+1. The van der Waals surface area contributed by atoms with E-state index in [9.17, 15) is 38.3 Å². The van der Waals surface area contributed by atoms with Gasteiger partial charge in [-0.05, 0) is 98.7 Å². The minimum Gasteiger partial charge on any atom is -0.542 e. The second-order valence-corrected chi connectivity index (χ2v) is 22.6. The van der Waals surface area contributed by atoms with Crippen LogP contribution in [0.3, 0.4) is 0 Å². The van der Waals surface area contributed by atoms with Gasteiger partial charge in [-0.3, -0.25) is 26.0 Å². The van der Waals surface area contributed by atoms with Gasteiger partial charge in [0.05, 0.1) is 57.2 Å². The van der Waals surface area contributed by atoms with Crippen LogP contribution in [0.25, 0.3) is 20.7 Å². The maximum Gasteiger partial charge on any atom is 1.00 e. The van der Waals surface area contributed by atoms with Crippen molar-refractivity contribution in [3.63, 3.8) is 0 Å². The predicted molar refractivity (Wildman–Crippen MR) is 320 cm³/mol. The number of likely N-dealkylation sites (tertiary alicyclic amines) is 1. The molecule has 2 atom stereocenters. The average molecular weight is 1190 g/mol. The summed E-state index contributed by atoms with van der Waals surface area (Å²) < 4.78 is 21.6. The SMILES string of the molecule is CN(CC#Cc1cccc(F)c1OCCCc1sc(N2CCc3cccc(C(=O)Nc4nc5ccccc5s4)c3C2)nc1C(=O)O)C(=O)CCC[C-]=O.C[C-](C)C.Cc1ncsc1-c1ccc(C(C)NC=O)cc1.O=[C-]N1CCC(O)C1.[Na+]. The van der Waals surface area contributed by atoms with Crippen LogP contribution in [0.5, 0.6) is 5.75 Å². The van der Waals surface area contributed by atoms with Crippen LogP contribution in [0, 0.1) is 30.5 Å². The number of hydrogen-bond donors (Lipinski definition) is 4. The topological polar surface area (TPSA) is 225 Å². The third-order valence-electron chi connectivity index (χ3n) is 12.6. The Morgan fingerprint density at radius 2 is 1.75 bits per heavy atom. The van der Waals surface area contributed by atoms with Gasteiger partial charge in [0.2, 0.25) is 12.3 Å². The molecule has 4 aromatic carbocycles. The van der Waals surface area contributed by atoms with Gasteiger partial charge in [0.15, 0.2) is 27.5 Å². The monoisotopic (exact) mass is 1190 g/mol. The normalized spacial score (nSPS) is 13.4. The first-order valence-electron chi connectivity index (χ1n) is 26.5. The van der Waals surface area contributed by atoms with E-state index in [4.69, 9.17) is 9.84 Å². The number of β-amino-alcohol motifs (C(OH)–C–C–N with tert-alkyl or cyclic N) is 1. The number of thiazole rings is 3. The number of unbranched alkanes of at least 4 members (excludes halogenated alkanes) is 1. The number of amides is 4. The largest absolute Gasteiger partial charge is 1.00 e. The summed E-state index contributed by atoms with van der Waals surface area (Å²) >= 11 is 4.34. The van der Waals surface area contributed by atoms with Gasteiger partial charge in [-0.1, -0.05) is 84.2 Å². The van der Waals surface area contributed by atoms with E-state index in [2.05, 4.69) is 70.3 Å². The van der Waals surface area contributed by atoms with Crippen LogP contribution < -0.4 is 49.8 Å². The van der Waals surface area contributed by atoms with Crippen molar-refractivity contribution in [2.75, 3.05) is 50.1 Å². The number of para-hydroxylation sites is 2. The molecule has 0 radical (unpaired) electrons. The number of benzene rings is 4. The number of nitrogens with zero attached hydrogens (tertiary/aromatic N) is 6. The third kappa shape index (κ3) is 20.2. The van der Waals surface area contributed by atoms with Gasteiger partial charge in [0.25, 0.3) is 5.91 Å². The van der Waals surface area contributed by atoms with Crippen molar-refractivity contribution in [2.45, 2.75) is 98.3 Å². The molecule has 7 aromatic rings. The number of ether oxygens (including phenoxy) is 1. The van der Waals surface area contributed by atoms with E-state index >= 15 is 0 Å². The average Bonchev–Trinajstić information content (AvgIpc) is 4.38. The second-order valence-electron chi connectivity index (χ2n) is 19.6. The Bertz CT molecular complexity index is 3310. The number of halogens is 1. The van der Waals surface area contributed by atoms with Crippen LogP contribution in [0.1, 0.15) is 120 Å². The number of carbonyl (C=O) groups excluding carboxylic acids is 5. The molecule has 5 heterocycles. The Morgan fingerprint density at radius 3 is 2.40 bits per heavy atom. The number of anilines is 2. The Morgan fingerprint density at radius 1 is 1.00 bits per heavy atom. The Balaban J connectivity index is 0.000000341. The second kappa shape index (κ2) is 34.0. The quantitative estimate of drug-likeness (QED) is 0.0207. The van der Waals surface area contributed by atoms with Crippen LogP contribution in [0.15, 0.2) is 90.4 Å². The zero-order valence-corrected chi connectivity index (χ0v) is 52.1. The molecule has 0 spiro atoms. The van der Waals surface area contributed by atoms with E-state index < -0.39 is 11.8 Å². The van der Waals surface area contributed by atoms with Crippen molar-refractivity contribution in [2.24, 2.45) is 0 Å². The number of aryl methyl sites for hydroxylation is 2. The fraction of sp³-hybridized carbons (Fsp3) is 0.344. The van der Waals surface area contributed by atoms with Crippen LogP contribution >= 0.6 is 34.0 Å². The van der Waals surface area contributed by atoms with Gasteiger partial charge in [-0.2, -0.15) is 33.6 Å². The molecule has 17 nitrogen and oxygen atoms in total. The molecule has 9 rings (SSSR count). The molecule has 0 saturated carbocycles. The summed E-state index contributed by atoms with van der Waals surface area (Å²) in [5.74, 6) is 4.99. The Kier molecular flexibility index (Phi) is 27.4. The number of aliphatic hydroxyl groups excluding tert-OH is 1. The number of aromatic carboxylic acids is 1. The fourth-order valence-electron chi connectivity index (χ4n) is 8.39. The first-order valence-corrected chi connectivity index (χ1v) is 29.0. The zero-order chi connectivity index (χ0) is 59.1. The molecule has 1 fully saturated rings. The molecule has 2 unspecified atom stereocenters. The van der Waals surface area contributed by atoms with Crippen molar-refractivity contribution in [1.29, 1.82) is 0 Å². The number of carboxylic acid groups (broad SMARTS) is 1. The van der Waals surface area contributed by atoms with Crippen LogP contribution in [0.4, 0.5) is 14.7 Å². The van der Waals surface area contributed by atoms with Crippen LogP contribution in [0.2, 0.25) is 0 Å². The van der Waals surface area contributed by atoms with Crippen molar-refractivity contribution in [1.82, 2.24) is 30.1 Å². The number of aliphatic hydroxyl groups is 1. The first-order chi connectivity index (χ1) is 39.5. The summed E-state index contributed by atoms with van der Waals surface area (Å²) in [6.07, 6.45) is 6.81. The van der Waals surface area contributed by atoms with E-state index in [1.165, 1.54) is 61.0 Å². The first kappa shape index (κ1) is 66.9. The molecule has 4 amide bonds. The molecular formula is C61H66FN8NaO9S3-2. The van der Waals surface area contributed by atoms with E-state index in [0.717, 1.165) is 39.0 Å². The molecule has 3 aromatic heterocycles. The van der Waals surface area contributed by atoms with Gasteiger partial charge >= 0.3 is 35.5 Å². The molecule has 0 aliphatic carbocycles. The zero-order valence-electron chi connectivity index (χ0n) is 47.6. The summed E-state index contributed by atoms with van der Waals surface area (Å²) in [6, 6.07) is 26.0. The molecule has 83 heavy (non-hydrogen) atoms. The fourth-order valence-corrected chi connectivity index (χ4v) is 11.2. The van der Waals surface area contributed by atoms with E-state index in [0.29, 0.717) is 84.6 Å². The van der Waals surface area contributed by atoms with Gasteiger partial charge in [0.1, 0.15) is 0 Å². The molecule has 2 aliphatic rings. The van der Waals surface area contributed by atoms with Gasteiger partial charge in [-0.15, -0.1) is 22.7 Å². The van der Waals surface area contributed by atoms with Crippen molar-refractivity contribution >= 4 is 91.4 Å². The molecule has 4 N–H and O–H groups in total. The van der Waals surface area contributed by atoms with Gasteiger partial charge < -0.3 is 50.5 Å². The number of carbonyl (C=O) groups is 4. The minimum atomic E-state index is -1.14. The molecular weight excluding hydrogens is 1130 g/mol. The van der Waals surface area contributed by atoms with Crippen molar-refractivity contribution in [3.05, 3.63) is 146 Å². The molecule has 0 bridgehead atoms. The molecule has 432 valence electrons. The van der Waals surface area contributed by atoms with Crippen molar-refractivity contribution in [3.8, 4) is 28.0 Å². The number of nitrogens with one attached hydrogen (secondary N) is 2. The van der Waals surface area contributed by atoms with E-state index in [-0.39, 0.29) is 91.0 Å². The summed E-state index contributed by atoms with van der Waals surface area (Å²) in [4.78, 5) is 88.4. The predicted octanol–water partition coefficient (Wildman–Crippen LogP) is 7.18. The maximum absolute atomic E-state index is 14.8. The third-order valence-corrected chi connectivity index (χ3v) is 15.7. The summed E-state index contributed by atoms with van der Waals surface area (Å²) in [5.41, 5.74) is 8.72. The number of fused-ring (bicyclic) bond motifs is 2. The minimum absolute atomic E-state index is 0. The number of aromatic nitrogens is 3.